The molecule has 1 N–H and O–H groups in total. The molecule has 134 valence electrons. The van der Waals surface area contributed by atoms with Crippen LogP contribution in [-0.2, 0) is 10.1 Å². The summed E-state index contributed by atoms with van der Waals surface area (Å²) in [6.45, 7) is 0. The molecule has 0 aliphatic carbocycles. The van der Waals surface area contributed by atoms with Crippen molar-refractivity contribution in [2.45, 2.75) is 4.90 Å². The molecule has 0 aliphatic rings. The van der Waals surface area contributed by atoms with Crippen LogP contribution in [0.25, 0.3) is 21.5 Å². The SMILES string of the molecule is O=S(=O)([O-])c1ccc(/N=N/c2c(O)ccc3ccccc23)c2ccccc12.[Na+]. The summed E-state index contributed by atoms with van der Waals surface area (Å²) in [5.74, 6) is -0.0134. The monoisotopic (exact) mass is 400 g/mol. The molecule has 0 aromatic heterocycles. The summed E-state index contributed by atoms with van der Waals surface area (Å²) in [6, 6.07) is 20.0. The fourth-order valence-electron chi connectivity index (χ4n) is 3.01. The van der Waals surface area contributed by atoms with E-state index in [0.717, 1.165) is 10.8 Å². The molecule has 4 rings (SSSR count). The number of rotatable bonds is 3. The van der Waals surface area contributed by atoms with Crippen molar-refractivity contribution in [1.82, 2.24) is 0 Å². The molecule has 0 spiro atoms. The Kier molecular flexibility index (Phi) is 5.83. The molecule has 0 atom stereocenters. The molecule has 0 unspecified atom stereocenters. The summed E-state index contributed by atoms with van der Waals surface area (Å²) in [7, 11) is -4.61. The van der Waals surface area contributed by atoms with Gasteiger partial charge in [-0.2, -0.15) is 0 Å². The molecule has 0 amide bonds. The van der Waals surface area contributed by atoms with E-state index < -0.39 is 10.1 Å². The van der Waals surface area contributed by atoms with Crippen molar-refractivity contribution in [2.24, 2.45) is 10.2 Å². The fraction of sp³-hybridized carbons (Fsp3) is 0. The van der Waals surface area contributed by atoms with Crippen molar-refractivity contribution in [2.75, 3.05) is 0 Å². The fourth-order valence-corrected chi connectivity index (χ4v) is 3.70. The smallest absolute Gasteiger partial charge is 0.744 e. The first-order valence-corrected chi connectivity index (χ1v) is 9.46. The zero-order valence-corrected chi connectivity index (χ0v) is 17.7. The second-order valence-electron chi connectivity index (χ2n) is 5.94. The molecule has 0 fully saturated rings. The van der Waals surface area contributed by atoms with Gasteiger partial charge in [0.05, 0.1) is 10.6 Å². The molecule has 0 radical (unpaired) electrons. The maximum atomic E-state index is 11.5. The third-order valence-corrected chi connectivity index (χ3v) is 5.16. The number of azo groups is 1. The van der Waals surface area contributed by atoms with Gasteiger partial charge in [-0.05, 0) is 23.6 Å². The number of nitrogens with zero attached hydrogens (tertiary/aromatic N) is 2. The van der Waals surface area contributed by atoms with Crippen molar-refractivity contribution in [3.8, 4) is 5.75 Å². The van der Waals surface area contributed by atoms with E-state index in [1.807, 2.05) is 24.3 Å². The van der Waals surface area contributed by atoms with Gasteiger partial charge in [0.15, 0.2) is 0 Å². The molecule has 28 heavy (non-hydrogen) atoms. The molecule has 8 heteroatoms. The van der Waals surface area contributed by atoms with Crippen molar-refractivity contribution in [3.05, 3.63) is 72.8 Å². The first kappa shape index (κ1) is 20.4. The normalized spacial score (nSPS) is 11.8. The minimum Gasteiger partial charge on any atom is -0.744 e. The van der Waals surface area contributed by atoms with Gasteiger partial charge < -0.3 is 9.66 Å². The van der Waals surface area contributed by atoms with Gasteiger partial charge in [0, 0.05) is 16.2 Å². The van der Waals surface area contributed by atoms with Crippen LogP contribution in [0.2, 0.25) is 0 Å². The van der Waals surface area contributed by atoms with Gasteiger partial charge in [-0.15, -0.1) is 10.2 Å². The number of phenolic OH excluding ortho intramolecular Hbond substituents is 1. The zero-order chi connectivity index (χ0) is 19.0. The Morgan fingerprint density at radius 2 is 1.39 bits per heavy atom. The van der Waals surface area contributed by atoms with E-state index in [9.17, 15) is 18.1 Å². The van der Waals surface area contributed by atoms with Gasteiger partial charge in [0.25, 0.3) is 0 Å². The predicted molar refractivity (Wildman–Crippen MR) is 102 cm³/mol. The number of fused-ring (bicyclic) bond motifs is 2. The van der Waals surface area contributed by atoms with Crippen LogP contribution in [0, 0.1) is 0 Å². The number of hydrogen-bond donors (Lipinski definition) is 1. The van der Waals surface area contributed by atoms with Gasteiger partial charge in [-0.25, -0.2) is 8.42 Å². The first-order valence-electron chi connectivity index (χ1n) is 8.05. The Bertz CT molecular complexity index is 1320. The van der Waals surface area contributed by atoms with Gasteiger partial charge in [-0.3, -0.25) is 0 Å². The summed E-state index contributed by atoms with van der Waals surface area (Å²) in [6.07, 6.45) is 0. The maximum Gasteiger partial charge on any atom is 1.00 e. The first-order chi connectivity index (χ1) is 12.9. The number of benzene rings is 4. The molecule has 4 aromatic rings. The average molecular weight is 400 g/mol. The minimum absolute atomic E-state index is 0. The standard InChI is InChI=1S/C20H14N2O4S.Na/c23-18-11-9-13-5-1-2-6-14(13)20(18)22-21-17-10-12-19(27(24,25)26)16-8-4-3-7-15(16)17;/h1-12,23H,(H,24,25,26);/q;+1/p-1/b22-21+;. The van der Waals surface area contributed by atoms with Crippen LogP contribution >= 0.6 is 0 Å². The zero-order valence-electron chi connectivity index (χ0n) is 14.9. The van der Waals surface area contributed by atoms with Gasteiger partial charge >= 0.3 is 29.6 Å². The van der Waals surface area contributed by atoms with Crippen LogP contribution in [-0.4, -0.2) is 18.1 Å². The molecule has 0 heterocycles. The second-order valence-corrected chi connectivity index (χ2v) is 7.29. The summed E-state index contributed by atoms with van der Waals surface area (Å²) < 4.78 is 34.5. The maximum absolute atomic E-state index is 11.5. The number of aromatic hydroxyl groups is 1. The van der Waals surface area contributed by atoms with Gasteiger partial charge in [-0.1, -0.05) is 54.6 Å². The minimum atomic E-state index is -4.61. The van der Waals surface area contributed by atoms with Crippen LogP contribution in [0.5, 0.6) is 5.75 Å². The van der Waals surface area contributed by atoms with E-state index >= 15 is 0 Å². The molecular weight excluding hydrogens is 387 g/mol. The Labute approximate surface area is 183 Å². The third-order valence-electron chi connectivity index (χ3n) is 4.27. The van der Waals surface area contributed by atoms with Crippen molar-refractivity contribution in [3.63, 3.8) is 0 Å². The summed E-state index contributed by atoms with van der Waals surface area (Å²) >= 11 is 0. The Balaban J connectivity index is 0.00000225. The largest absolute Gasteiger partial charge is 1.00 e. The summed E-state index contributed by atoms with van der Waals surface area (Å²) in [5.41, 5.74) is 0.711. The Morgan fingerprint density at radius 1 is 0.750 bits per heavy atom. The number of phenols is 1. The average Bonchev–Trinajstić information content (AvgIpc) is 2.66. The van der Waals surface area contributed by atoms with E-state index in [1.54, 1.807) is 36.4 Å². The van der Waals surface area contributed by atoms with E-state index in [1.165, 1.54) is 12.1 Å². The van der Waals surface area contributed by atoms with Crippen LogP contribution in [0.3, 0.4) is 0 Å². The van der Waals surface area contributed by atoms with Crippen molar-refractivity contribution >= 4 is 43.0 Å². The Morgan fingerprint density at radius 3 is 2.11 bits per heavy atom. The third kappa shape index (κ3) is 3.80. The molecule has 0 bridgehead atoms. The van der Waals surface area contributed by atoms with Crippen LogP contribution in [0.4, 0.5) is 11.4 Å². The Hall–Kier alpha value is -2.29. The predicted octanol–water partition coefficient (Wildman–Crippen LogP) is 2.02. The van der Waals surface area contributed by atoms with Gasteiger partial charge in [0.1, 0.15) is 21.6 Å². The second kappa shape index (κ2) is 7.98. The quantitative estimate of drug-likeness (QED) is 0.323. The molecule has 0 aliphatic heterocycles. The van der Waals surface area contributed by atoms with E-state index in [-0.39, 0.29) is 45.6 Å². The molecule has 6 nitrogen and oxygen atoms in total. The topological polar surface area (TPSA) is 102 Å². The van der Waals surface area contributed by atoms with Crippen LogP contribution < -0.4 is 29.6 Å². The molecule has 0 saturated heterocycles. The van der Waals surface area contributed by atoms with Crippen LogP contribution in [0.15, 0.2) is 87.9 Å². The van der Waals surface area contributed by atoms with Crippen molar-refractivity contribution in [1.29, 1.82) is 0 Å². The molecule has 4 aromatic carbocycles. The molecule has 0 saturated carbocycles. The van der Waals surface area contributed by atoms with Gasteiger partial charge in [0.2, 0.25) is 0 Å². The van der Waals surface area contributed by atoms with E-state index in [0.29, 0.717) is 16.8 Å². The van der Waals surface area contributed by atoms with E-state index in [4.69, 9.17) is 0 Å². The summed E-state index contributed by atoms with van der Waals surface area (Å²) in [4.78, 5) is -0.301. The van der Waals surface area contributed by atoms with E-state index in [2.05, 4.69) is 10.2 Å². The number of hydrogen-bond acceptors (Lipinski definition) is 6. The van der Waals surface area contributed by atoms with Crippen molar-refractivity contribution < 1.29 is 47.6 Å². The molecular formula is C20H13N2NaO4S. The van der Waals surface area contributed by atoms with Crippen LogP contribution in [0.1, 0.15) is 0 Å². The summed E-state index contributed by atoms with van der Waals surface area (Å²) in [5, 5.41) is 21.0.